The summed E-state index contributed by atoms with van der Waals surface area (Å²) >= 11 is 3.82. The van der Waals surface area contributed by atoms with Crippen LogP contribution in [0.1, 0.15) is 109 Å². The van der Waals surface area contributed by atoms with Crippen LogP contribution in [0.15, 0.2) is 51.3 Å². The fraction of sp³-hybridized carbons (Fsp3) is 0.611. The first-order valence-corrected chi connectivity index (χ1v) is 17.2. The quantitative estimate of drug-likeness (QED) is 0.175. The van der Waals surface area contributed by atoms with Crippen LogP contribution < -0.4 is 0 Å². The van der Waals surface area contributed by atoms with Crippen LogP contribution in [0, 0.1) is 29.6 Å². The van der Waals surface area contributed by atoms with E-state index in [1.165, 1.54) is 19.6 Å². The highest BCUT2D eigenvalue weighted by Gasteiger charge is 2.42. The fourth-order valence-electron chi connectivity index (χ4n) is 4.97. The molecule has 40 heavy (non-hydrogen) atoms. The Balaban J connectivity index is 1.82. The summed E-state index contributed by atoms with van der Waals surface area (Å²) in [5, 5.41) is 11.1. The third-order valence-electron chi connectivity index (χ3n) is 7.65. The Bertz CT molecular complexity index is 1070. The van der Waals surface area contributed by atoms with Gasteiger partial charge in [-0.3, -0.25) is 4.79 Å². The summed E-state index contributed by atoms with van der Waals surface area (Å²) in [7, 11) is 0. The zero-order valence-corrected chi connectivity index (χ0v) is 27.9. The average Bonchev–Trinajstić information content (AvgIpc) is 2.89. The Morgan fingerprint density at radius 3 is 1.65 bits per heavy atom. The number of hydrogen-bond acceptors (Lipinski definition) is 3. The molecule has 2 aliphatic rings. The molecule has 0 saturated heterocycles. The molecule has 1 aliphatic carbocycles. The van der Waals surface area contributed by atoms with E-state index >= 15 is 0 Å². The predicted octanol–water partition coefficient (Wildman–Crippen LogP) is 10.5. The molecule has 1 saturated carbocycles. The standard InChI is InChI=1S/C36H53O2S2/c1-23(2)9-13-29-17-27(18-30(39-29)14-10-24(3)4)21-33-35(37)34(36(33)38)22-28-19-31(15-11-25(5)6)40-32(20-28)16-12-26(7)8/h17-26,33,35,37H,9-16H2,1-8H3/q+1/b34-22-. The SMILES string of the molecule is CC(C)CCC1=CC(=CC2C(=O)/C(=C\c3cc(CCC(C)C)[s+]c(CCC(C)C)c3)C2O)C=C(CCC(C)C)S1. The molecule has 220 valence electrons. The maximum absolute atomic E-state index is 13.3. The summed E-state index contributed by atoms with van der Waals surface area (Å²) in [6.45, 7) is 18.1. The van der Waals surface area contributed by atoms with Crippen LogP contribution in [0.3, 0.4) is 0 Å². The third-order valence-corrected chi connectivity index (χ3v) is 9.98. The molecule has 1 aliphatic heterocycles. The lowest BCUT2D eigenvalue weighted by molar-refractivity contribution is -0.127. The van der Waals surface area contributed by atoms with E-state index in [0.717, 1.165) is 62.5 Å². The van der Waals surface area contributed by atoms with Gasteiger partial charge in [-0.2, -0.15) is 0 Å². The van der Waals surface area contributed by atoms with Gasteiger partial charge in [-0.05, 0) is 101 Å². The molecule has 1 aromatic rings. The van der Waals surface area contributed by atoms with E-state index in [1.54, 1.807) is 0 Å². The summed E-state index contributed by atoms with van der Waals surface area (Å²) in [6, 6.07) is 4.47. The highest BCUT2D eigenvalue weighted by atomic mass is 32.2. The van der Waals surface area contributed by atoms with E-state index in [4.69, 9.17) is 0 Å². The molecule has 0 bridgehead atoms. The van der Waals surface area contributed by atoms with Crippen LogP contribution in [-0.2, 0) is 17.6 Å². The summed E-state index contributed by atoms with van der Waals surface area (Å²) < 4.78 is 0. The molecule has 1 aromatic heterocycles. The van der Waals surface area contributed by atoms with E-state index in [2.05, 4.69) is 79.7 Å². The lowest BCUT2D eigenvalue weighted by Crippen LogP contribution is -2.43. The van der Waals surface area contributed by atoms with E-state index in [0.29, 0.717) is 29.2 Å². The second-order valence-electron chi connectivity index (χ2n) is 13.5. The smallest absolute Gasteiger partial charge is 0.218 e. The molecule has 2 nitrogen and oxygen atoms in total. The van der Waals surface area contributed by atoms with Crippen molar-refractivity contribution in [1.29, 1.82) is 0 Å². The van der Waals surface area contributed by atoms with Gasteiger partial charge in [-0.15, -0.1) is 0 Å². The first-order chi connectivity index (χ1) is 18.9. The van der Waals surface area contributed by atoms with Crippen molar-refractivity contribution >= 4 is 35.0 Å². The molecule has 2 heterocycles. The molecule has 1 fully saturated rings. The average molecular weight is 582 g/mol. The number of rotatable bonds is 14. The lowest BCUT2D eigenvalue weighted by atomic mass is 9.73. The topological polar surface area (TPSA) is 37.3 Å². The fourth-order valence-corrected chi connectivity index (χ4v) is 7.30. The first-order valence-electron chi connectivity index (χ1n) is 15.6. The van der Waals surface area contributed by atoms with Gasteiger partial charge in [-0.1, -0.05) is 73.2 Å². The minimum atomic E-state index is -0.739. The number of aliphatic hydroxyl groups is 1. The molecular weight excluding hydrogens is 529 g/mol. The van der Waals surface area contributed by atoms with Gasteiger partial charge in [0.25, 0.3) is 0 Å². The number of hydrogen-bond donors (Lipinski definition) is 1. The molecule has 4 heteroatoms. The number of Topliss-reactive ketones (excluding diaryl/α,β-unsaturated/α-hetero) is 1. The van der Waals surface area contributed by atoms with Crippen LogP contribution in [-0.4, -0.2) is 17.0 Å². The van der Waals surface area contributed by atoms with Gasteiger partial charge >= 0.3 is 0 Å². The maximum Gasteiger partial charge on any atom is 0.218 e. The Morgan fingerprint density at radius 2 is 1.23 bits per heavy atom. The van der Waals surface area contributed by atoms with E-state index in [-0.39, 0.29) is 5.78 Å². The van der Waals surface area contributed by atoms with Crippen LogP contribution in [0.2, 0.25) is 0 Å². The predicted molar refractivity (Wildman–Crippen MR) is 178 cm³/mol. The normalized spacial score (nSPS) is 20.6. The zero-order valence-electron chi connectivity index (χ0n) is 26.3. The third kappa shape index (κ3) is 10.4. The van der Waals surface area contributed by atoms with Crippen molar-refractivity contribution < 1.29 is 9.90 Å². The number of thioether (sulfide) groups is 1. The number of aryl methyl sites for hydroxylation is 2. The monoisotopic (exact) mass is 581 g/mol. The van der Waals surface area contributed by atoms with Gasteiger partial charge in [0.1, 0.15) is 0 Å². The van der Waals surface area contributed by atoms with Gasteiger partial charge in [0, 0.05) is 30.5 Å². The molecule has 2 unspecified atom stereocenters. The minimum Gasteiger partial charge on any atom is -0.387 e. The first kappa shape index (κ1) is 33.0. The maximum atomic E-state index is 13.3. The molecule has 0 radical (unpaired) electrons. The molecule has 3 rings (SSSR count). The number of carbonyl (C=O) groups is 1. The number of ketones is 1. The van der Waals surface area contributed by atoms with E-state index in [1.807, 2.05) is 35.3 Å². The zero-order chi connectivity index (χ0) is 29.4. The van der Waals surface area contributed by atoms with Gasteiger partial charge in [0.2, 0.25) is 21.1 Å². The van der Waals surface area contributed by atoms with Crippen molar-refractivity contribution in [2.75, 3.05) is 0 Å². The molecule has 0 aromatic carbocycles. The van der Waals surface area contributed by atoms with Crippen LogP contribution >= 0.6 is 23.1 Å². The van der Waals surface area contributed by atoms with Crippen molar-refractivity contribution in [2.45, 2.75) is 113 Å². The van der Waals surface area contributed by atoms with Crippen molar-refractivity contribution in [3.05, 3.63) is 66.6 Å². The molecular formula is C36H53O2S2+. The lowest BCUT2D eigenvalue weighted by Gasteiger charge is -2.32. The Labute approximate surface area is 253 Å². The number of carbonyl (C=O) groups excluding carboxylic acids is 1. The number of allylic oxidation sites excluding steroid dienone is 5. The Hall–Kier alpha value is -1.49. The van der Waals surface area contributed by atoms with Gasteiger partial charge in [0.05, 0.1) is 12.0 Å². The second-order valence-corrected chi connectivity index (χ2v) is 16.0. The highest BCUT2D eigenvalue weighted by molar-refractivity contribution is 8.06. The minimum absolute atomic E-state index is 0.0625. The van der Waals surface area contributed by atoms with Gasteiger partial charge < -0.3 is 5.11 Å². The largest absolute Gasteiger partial charge is 0.387 e. The van der Waals surface area contributed by atoms with Crippen LogP contribution in [0.25, 0.3) is 6.08 Å². The molecule has 0 amide bonds. The van der Waals surface area contributed by atoms with Crippen molar-refractivity contribution in [2.24, 2.45) is 29.6 Å². The molecule has 1 N–H and O–H groups in total. The summed E-state index contributed by atoms with van der Waals surface area (Å²) in [5.41, 5.74) is 2.70. The van der Waals surface area contributed by atoms with Crippen molar-refractivity contribution in [3.63, 3.8) is 0 Å². The van der Waals surface area contributed by atoms with Crippen molar-refractivity contribution in [3.8, 4) is 0 Å². The van der Waals surface area contributed by atoms with Crippen LogP contribution in [0.4, 0.5) is 0 Å². The molecule has 0 spiro atoms. The second kappa shape index (κ2) is 15.7. The van der Waals surface area contributed by atoms with Crippen LogP contribution in [0.5, 0.6) is 0 Å². The Morgan fingerprint density at radius 1 is 0.775 bits per heavy atom. The molecule has 2 atom stereocenters. The van der Waals surface area contributed by atoms with Gasteiger partial charge in [-0.25, -0.2) is 0 Å². The van der Waals surface area contributed by atoms with E-state index in [9.17, 15) is 9.90 Å². The Kier molecular flexibility index (Phi) is 12.9. The summed E-state index contributed by atoms with van der Waals surface area (Å²) in [5.74, 6) is 2.26. The number of aliphatic hydroxyl groups excluding tert-OH is 1. The van der Waals surface area contributed by atoms with Gasteiger partial charge in [0.15, 0.2) is 5.78 Å². The highest BCUT2D eigenvalue weighted by Crippen LogP contribution is 2.41. The summed E-state index contributed by atoms with van der Waals surface area (Å²) in [4.78, 5) is 18.8. The van der Waals surface area contributed by atoms with E-state index < -0.39 is 12.0 Å². The summed E-state index contributed by atoms with van der Waals surface area (Å²) in [6.07, 6.45) is 16.6. The van der Waals surface area contributed by atoms with Crippen molar-refractivity contribution in [1.82, 2.24) is 0 Å².